The maximum atomic E-state index is 13.4. The number of hydrogen-bond acceptors (Lipinski definition) is 6. The maximum Gasteiger partial charge on any atom is 0.416 e. The van der Waals surface area contributed by atoms with Gasteiger partial charge in [-0.25, -0.2) is 4.99 Å². The lowest BCUT2D eigenvalue weighted by atomic mass is 10.0. The van der Waals surface area contributed by atoms with Gasteiger partial charge in [0.05, 0.1) is 11.6 Å². The Balaban J connectivity index is 1.67. The Morgan fingerprint density at radius 3 is 2.41 bits per heavy atom. The Bertz CT molecular complexity index is 1020. The van der Waals surface area contributed by atoms with Crippen molar-refractivity contribution < 1.29 is 13.2 Å². The number of aliphatic imine (C=N–C) groups is 2. The van der Waals surface area contributed by atoms with Crippen molar-refractivity contribution in [1.29, 1.82) is 0 Å². The summed E-state index contributed by atoms with van der Waals surface area (Å²) in [5.41, 5.74) is 9.71. The van der Waals surface area contributed by atoms with Crippen molar-refractivity contribution in [3.8, 4) is 0 Å². The molecule has 0 aliphatic carbocycles. The summed E-state index contributed by atoms with van der Waals surface area (Å²) >= 11 is 0. The monoisotopic (exact) mass is 400 g/mol. The summed E-state index contributed by atoms with van der Waals surface area (Å²) in [5.74, 6) is 0.802. The number of fused-ring (bicyclic) bond motifs is 1. The Hall–Kier alpha value is -3.36. The first-order valence-electron chi connectivity index (χ1n) is 9.15. The van der Waals surface area contributed by atoms with Gasteiger partial charge in [0.2, 0.25) is 0 Å². The topological polar surface area (TPSA) is 87.2 Å². The largest absolute Gasteiger partial charge is 0.416 e. The molecule has 0 saturated carbocycles. The molecule has 2 atom stereocenters. The summed E-state index contributed by atoms with van der Waals surface area (Å²) in [4.78, 5) is 9.02. The van der Waals surface area contributed by atoms with Crippen LogP contribution >= 0.6 is 0 Å². The van der Waals surface area contributed by atoms with Crippen molar-refractivity contribution in [2.45, 2.75) is 31.7 Å². The normalized spacial score (nSPS) is 20.9. The lowest BCUT2D eigenvalue weighted by molar-refractivity contribution is -0.138. The second-order valence-electron chi connectivity index (χ2n) is 6.71. The Labute approximate surface area is 165 Å². The fourth-order valence-corrected chi connectivity index (χ4v) is 3.46. The lowest BCUT2D eigenvalue weighted by Crippen LogP contribution is -2.44. The zero-order valence-electron chi connectivity index (χ0n) is 15.5. The molecular formula is C20H19F3N6. The fraction of sp³-hybridized carbons (Fsp3) is 0.250. The number of hydrogen-bond donors (Lipinski definition) is 3. The molecule has 29 heavy (non-hydrogen) atoms. The standard InChI is InChI=1S/C20H19F3N6/c1-2-15-11-7-3-4-8-12(11)17(25-15)26-19-16(24)28-29-18(27-19)13-9-5-6-10-14(13)20(21,22)23/h3-10,15,18,29H,2H2,1H3,(H2,24,28)(H,25,26,27). The van der Waals surface area contributed by atoms with Crippen molar-refractivity contribution in [2.24, 2.45) is 20.8 Å². The van der Waals surface area contributed by atoms with Gasteiger partial charge in [0, 0.05) is 11.1 Å². The molecule has 4 N–H and O–H groups in total. The van der Waals surface area contributed by atoms with Crippen molar-refractivity contribution in [3.63, 3.8) is 0 Å². The molecule has 2 unspecified atom stereocenters. The molecule has 2 aliphatic heterocycles. The minimum Gasteiger partial charge on any atom is -0.379 e. The third-order valence-corrected chi connectivity index (χ3v) is 4.85. The first-order valence-corrected chi connectivity index (χ1v) is 9.15. The molecule has 0 fully saturated rings. The van der Waals surface area contributed by atoms with E-state index < -0.39 is 17.9 Å². The second kappa shape index (κ2) is 7.23. The highest BCUT2D eigenvalue weighted by Crippen LogP contribution is 2.35. The third-order valence-electron chi connectivity index (χ3n) is 4.85. The smallest absolute Gasteiger partial charge is 0.379 e. The molecule has 150 valence electrons. The number of rotatable bonds is 2. The van der Waals surface area contributed by atoms with Crippen LogP contribution in [0.25, 0.3) is 0 Å². The van der Waals surface area contributed by atoms with Gasteiger partial charge in [0.1, 0.15) is 5.84 Å². The molecule has 2 aliphatic rings. The van der Waals surface area contributed by atoms with Gasteiger partial charge in [0.25, 0.3) is 0 Å². The molecule has 0 radical (unpaired) electrons. The van der Waals surface area contributed by atoms with Crippen LogP contribution < -0.4 is 16.5 Å². The van der Waals surface area contributed by atoms with E-state index in [4.69, 9.17) is 5.73 Å². The molecule has 9 heteroatoms. The zero-order valence-corrected chi connectivity index (χ0v) is 15.5. The van der Waals surface area contributed by atoms with Crippen molar-refractivity contribution in [3.05, 3.63) is 70.8 Å². The van der Waals surface area contributed by atoms with Crippen LogP contribution in [-0.2, 0) is 6.18 Å². The molecule has 0 amide bonds. The number of hydrazone groups is 1. The zero-order chi connectivity index (χ0) is 20.6. The lowest BCUT2D eigenvalue weighted by Gasteiger charge is -2.23. The molecule has 2 aromatic carbocycles. The Morgan fingerprint density at radius 2 is 1.69 bits per heavy atom. The molecule has 0 bridgehead atoms. The summed E-state index contributed by atoms with van der Waals surface area (Å²) in [6.07, 6.45) is -4.71. The number of nitrogens with two attached hydrogens (primary N) is 1. The Morgan fingerprint density at radius 1 is 1.00 bits per heavy atom. The quantitative estimate of drug-likeness (QED) is 0.721. The third kappa shape index (κ3) is 3.55. The van der Waals surface area contributed by atoms with Crippen molar-refractivity contribution in [1.82, 2.24) is 10.7 Å². The van der Waals surface area contributed by atoms with Gasteiger partial charge < -0.3 is 11.1 Å². The van der Waals surface area contributed by atoms with E-state index in [1.165, 1.54) is 18.2 Å². The van der Waals surface area contributed by atoms with E-state index in [2.05, 4.69) is 25.8 Å². The summed E-state index contributed by atoms with van der Waals surface area (Å²) in [6, 6.07) is 13.0. The fourth-order valence-electron chi connectivity index (χ4n) is 3.46. The highest BCUT2D eigenvalue weighted by atomic mass is 19.4. The number of nitrogens with zero attached hydrogens (tertiary/aromatic N) is 3. The first-order chi connectivity index (χ1) is 13.9. The number of nitrogens with one attached hydrogen (secondary N) is 2. The van der Waals surface area contributed by atoms with Crippen LogP contribution in [-0.4, -0.2) is 17.5 Å². The van der Waals surface area contributed by atoms with Gasteiger partial charge in [-0.1, -0.05) is 49.4 Å². The van der Waals surface area contributed by atoms with Crippen LogP contribution in [0.2, 0.25) is 0 Å². The van der Waals surface area contributed by atoms with E-state index in [0.29, 0.717) is 5.84 Å². The van der Waals surface area contributed by atoms with Crippen molar-refractivity contribution >= 4 is 17.5 Å². The van der Waals surface area contributed by atoms with Gasteiger partial charge >= 0.3 is 6.18 Å². The molecule has 2 heterocycles. The van der Waals surface area contributed by atoms with E-state index in [-0.39, 0.29) is 23.3 Å². The highest BCUT2D eigenvalue weighted by Gasteiger charge is 2.36. The van der Waals surface area contributed by atoms with Crippen LogP contribution in [0, 0.1) is 0 Å². The predicted octanol–water partition coefficient (Wildman–Crippen LogP) is 3.48. The van der Waals surface area contributed by atoms with E-state index in [1.54, 1.807) is 0 Å². The predicted molar refractivity (Wildman–Crippen MR) is 106 cm³/mol. The van der Waals surface area contributed by atoms with Gasteiger partial charge in [-0.05, 0) is 18.1 Å². The second-order valence-corrected chi connectivity index (χ2v) is 6.71. The molecule has 0 aromatic heterocycles. The van der Waals surface area contributed by atoms with Crippen LogP contribution in [0.5, 0.6) is 0 Å². The first kappa shape index (κ1) is 19.0. The molecule has 0 saturated heterocycles. The van der Waals surface area contributed by atoms with Crippen LogP contribution in [0.3, 0.4) is 0 Å². The number of halogens is 3. The summed E-state index contributed by atoms with van der Waals surface area (Å²) in [6.45, 7) is 2.04. The summed E-state index contributed by atoms with van der Waals surface area (Å²) in [7, 11) is 0. The van der Waals surface area contributed by atoms with Gasteiger partial charge in [-0.3, -0.25) is 10.4 Å². The maximum absolute atomic E-state index is 13.4. The average molecular weight is 400 g/mol. The van der Waals surface area contributed by atoms with Crippen molar-refractivity contribution in [2.75, 3.05) is 0 Å². The highest BCUT2D eigenvalue weighted by molar-refractivity contribution is 6.43. The van der Waals surface area contributed by atoms with E-state index in [1.807, 2.05) is 31.2 Å². The van der Waals surface area contributed by atoms with E-state index >= 15 is 0 Å². The van der Waals surface area contributed by atoms with Gasteiger partial charge in [-0.15, -0.1) is 0 Å². The van der Waals surface area contributed by atoms with E-state index in [0.717, 1.165) is 23.6 Å². The molecule has 6 nitrogen and oxygen atoms in total. The minimum absolute atomic E-state index is 0.0101. The molecule has 4 rings (SSSR count). The molecule has 0 spiro atoms. The number of benzene rings is 2. The van der Waals surface area contributed by atoms with Gasteiger partial charge in [0.15, 0.2) is 17.8 Å². The van der Waals surface area contributed by atoms with Crippen LogP contribution in [0.4, 0.5) is 13.2 Å². The van der Waals surface area contributed by atoms with Gasteiger partial charge in [-0.2, -0.15) is 18.3 Å². The molecule has 2 aromatic rings. The minimum atomic E-state index is -4.50. The SMILES string of the molecule is CCC1N=C(NC2=NC(c3ccccc3C(F)(F)F)NN=C2N)c2ccccc21. The summed E-state index contributed by atoms with van der Waals surface area (Å²) in [5, 5.41) is 7.03. The van der Waals surface area contributed by atoms with Crippen LogP contribution in [0.1, 0.15) is 47.8 Å². The summed E-state index contributed by atoms with van der Waals surface area (Å²) < 4.78 is 40.1. The Kier molecular flexibility index (Phi) is 4.73. The molecular weight excluding hydrogens is 381 g/mol. The number of alkyl halides is 3. The number of amidine groups is 3. The average Bonchev–Trinajstić information content (AvgIpc) is 3.07. The van der Waals surface area contributed by atoms with Crippen LogP contribution in [0.15, 0.2) is 63.6 Å². The van der Waals surface area contributed by atoms with E-state index in [9.17, 15) is 13.2 Å².